The zero-order valence-corrected chi connectivity index (χ0v) is 11.2. The monoisotopic (exact) mass is 278 g/mol. The zero-order chi connectivity index (χ0) is 14.5. The van der Waals surface area contributed by atoms with Crippen molar-refractivity contribution in [3.05, 3.63) is 56.6 Å². The minimum absolute atomic E-state index is 0.238. The molecule has 0 spiro atoms. The van der Waals surface area contributed by atoms with E-state index in [-0.39, 0.29) is 13.2 Å². The topological polar surface area (TPSA) is 78.9 Å². The van der Waals surface area contributed by atoms with Crippen LogP contribution in [0.2, 0.25) is 0 Å². The van der Waals surface area contributed by atoms with E-state index >= 15 is 0 Å². The molecule has 0 saturated heterocycles. The van der Waals surface area contributed by atoms with Crippen molar-refractivity contribution in [1.82, 2.24) is 0 Å². The molecule has 0 aliphatic carbocycles. The maximum atomic E-state index is 11.1. The Bertz CT molecular complexity index is 636. The van der Waals surface area contributed by atoms with Crippen molar-refractivity contribution in [2.75, 3.05) is 13.2 Å². The summed E-state index contributed by atoms with van der Waals surface area (Å²) in [6.07, 6.45) is 0. The van der Waals surface area contributed by atoms with Crippen LogP contribution in [0.5, 0.6) is 11.5 Å². The molecule has 0 amide bonds. The molecule has 6 heteroatoms. The van der Waals surface area contributed by atoms with Crippen molar-refractivity contribution in [1.29, 1.82) is 0 Å². The summed E-state index contributed by atoms with van der Waals surface area (Å²) < 4.78 is 20.3. The first-order chi connectivity index (χ1) is 9.52. The average Bonchev–Trinajstić information content (AvgIpc) is 2.32. The Morgan fingerprint density at radius 3 is 1.55 bits per heavy atom. The van der Waals surface area contributed by atoms with Crippen LogP contribution in [0.4, 0.5) is 0 Å². The van der Waals surface area contributed by atoms with E-state index in [1.807, 2.05) is 0 Å². The van der Waals surface area contributed by atoms with Crippen molar-refractivity contribution >= 4 is 0 Å². The Kier molecular flexibility index (Phi) is 4.24. The van der Waals surface area contributed by atoms with Crippen LogP contribution in [0.3, 0.4) is 0 Å². The van der Waals surface area contributed by atoms with Gasteiger partial charge in [-0.05, 0) is 13.8 Å². The van der Waals surface area contributed by atoms with Gasteiger partial charge >= 0.3 is 11.3 Å². The van der Waals surface area contributed by atoms with Crippen LogP contribution in [-0.4, -0.2) is 13.2 Å². The smallest absolute Gasteiger partial charge is 0.339 e. The maximum Gasteiger partial charge on any atom is 0.339 e. The van der Waals surface area contributed by atoms with E-state index in [1.54, 1.807) is 26.0 Å². The van der Waals surface area contributed by atoms with Gasteiger partial charge in [0, 0.05) is 12.1 Å². The van der Waals surface area contributed by atoms with Gasteiger partial charge in [-0.2, -0.15) is 0 Å². The van der Waals surface area contributed by atoms with Crippen LogP contribution in [0.25, 0.3) is 0 Å². The molecular formula is C14H14O6. The van der Waals surface area contributed by atoms with E-state index in [4.69, 9.17) is 18.3 Å². The van der Waals surface area contributed by atoms with E-state index in [0.717, 1.165) is 0 Å². The lowest BCUT2D eigenvalue weighted by Gasteiger charge is -2.08. The predicted molar refractivity (Wildman–Crippen MR) is 70.4 cm³/mol. The van der Waals surface area contributed by atoms with Gasteiger partial charge in [-0.15, -0.1) is 0 Å². The lowest BCUT2D eigenvalue weighted by atomic mass is 10.4. The third-order valence-electron chi connectivity index (χ3n) is 2.36. The lowest BCUT2D eigenvalue weighted by Crippen LogP contribution is -2.11. The molecule has 0 atom stereocenters. The maximum absolute atomic E-state index is 11.1. The van der Waals surface area contributed by atoms with Gasteiger partial charge in [0.1, 0.15) is 36.2 Å². The Balaban J connectivity index is 1.87. The fraction of sp³-hybridized carbons (Fsp3) is 0.286. The second-order valence-electron chi connectivity index (χ2n) is 4.14. The van der Waals surface area contributed by atoms with Crippen LogP contribution in [-0.2, 0) is 0 Å². The molecule has 0 fully saturated rings. The molecule has 2 aromatic heterocycles. The molecule has 2 aromatic rings. The first-order valence-corrected chi connectivity index (χ1v) is 6.02. The average molecular weight is 278 g/mol. The minimum atomic E-state index is -0.461. The molecule has 0 aromatic carbocycles. The standard InChI is InChI=1S/C14H14O6/c1-9-5-11(7-13(15)19-9)17-3-4-18-12-6-10(2)20-14(16)8-12/h5-8H,3-4H2,1-2H3. The molecule has 0 unspecified atom stereocenters. The van der Waals surface area contributed by atoms with E-state index in [1.165, 1.54) is 12.1 Å². The first kappa shape index (κ1) is 13.9. The highest BCUT2D eigenvalue weighted by Gasteiger charge is 2.01. The van der Waals surface area contributed by atoms with Crippen molar-refractivity contribution < 1.29 is 18.3 Å². The van der Waals surface area contributed by atoms with Crippen LogP contribution >= 0.6 is 0 Å². The van der Waals surface area contributed by atoms with Gasteiger partial charge in [0.15, 0.2) is 0 Å². The van der Waals surface area contributed by atoms with Gasteiger partial charge in [0.2, 0.25) is 0 Å². The predicted octanol–water partition coefficient (Wildman–Crippen LogP) is 1.67. The molecule has 0 bridgehead atoms. The molecule has 20 heavy (non-hydrogen) atoms. The molecule has 0 aliphatic rings. The second kappa shape index (κ2) is 6.10. The van der Waals surface area contributed by atoms with Crippen LogP contribution in [0.1, 0.15) is 11.5 Å². The van der Waals surface area contributed by atoms with Crippen LogP contribution in [0.15, 0.2) is 42.7 Å². The molecule has 6 nitrogen and oxygen atoms in total. The number of hydrogen-bond acceptors (Lipinski definition) is 6. The highest BCUT2D eigenvalue weighted by Crippen LogP contribution is 2.11. The fourth-order valence-corrected chi connectivity index (χ4v) is 1.64. The molecule has 0 radical (unpaired) electrons. The summed E-state index contributed by atoms with van der Waals surface area (Å²) in [7, 11) is 0. The molecule has 0 aliphatic heterocycles. The molecule has 2 heterocycles. The normalized spacial score (nSPS) is 10.3. The Morgan fingerprint density at radius 2 is 1.20 bits per heavy atom. The fourth-order valence-electron chi connectivity index (χ4n) is 1.64. The van der Waals surface area contributed by atoms with Crippen molar-refractivity contribution in [2.45, 2.75) is 13.8 Å². The zero-order valence-electron chi connectivity index (χ0n) is 11.2. The summed E-state index contributed by atoms with van der Waals surface area (Å²) in [6.45, 7) is 3.80. The van der Waals surface area contributed by atoms with Gasteiger partial charge in [0.05, 0.1) is 12.1 Å². The van der Waals surface area contributed by atoms with Gasteiger partial charge < -0.3 is 18.3 Å². The lowest BCUT2D eigenvalue weighted by molar-refractivity contribution is 0.214. The van der Waals surface area contributed by atoms with Crippen LogP contribution in [0, 0.1) is 13.8 Å². The van der Waals surface area contributed by atoms with Gasteiger partial charge in [-0.25, -0.2) is 9.59 Å². The molecule has 0 saturated carbocycles. The molecule has 106 valence electrons. The SMILES string of the molecule is Cc1cc(OCCOc2cc(C)oc(=O)c2)cc(=O)o1. The highest BCUT2D eigenvalue weighted by atomic mass is 16.5. The molecule has 0 N–H and O–H groups in total. The Labute approximate surface area is 114 Å². The van der Waals surface area contributed by atoms with E-state index in [9.17, 15) is 9.59 Å². The molecule has 2 rings (SSSR count). The third kappa shape index (κ3) is 4.01. The van der Waals surface area contributed by atoms with Gasteiger partial charge in [0.25, 0.3) is 0 Å². The highest BCUT2D eigenvalue weighted by molar-refractivity contribution is 5.20. The number of rotatable bonds is 5. The largest absolute Gasteiger partial charge is 0.490 e. The van der Waals surface area contributed by atoms with Crippen molar-refractivity contribution in [3.8, 4) is 11.5 Å². The van der Waals surface area contributed by atoms with Crippen LogP contribution < -0.4 is 20.7 Å². The summed E-state index contributed by atoms with van der Waals surface area (Å²) in [5.41, 5.74) is -0.922. The summed E-state index contributed by atoms with van der Waals surface area (Å²) in [5.74, 6) is 1.80. The van der Waals surface area contributed by atoms with Crippen molar-refractivity contribution in [2.24, 2.45) is 0 Å². The second-order valence-corrected chi connectivity index (χ2v) is 4.14. The number of ether oxygens (including phenoxy) is 2. The van der Waals surface area contributed by atoms with E-state index in [0.29, 0.717) is 23.0 Å². The Hall–Kier alpha value is -2.50. The van der Waals surface area contributed by atoms with E-state index < -0.39 is 11.3 Å². The number of aryl methyl sites for hydroxylation is 2. The third-order valence-corrected chi connectivity index (χ3v) is 2.36. The summed E-state index contributed by atoms with van der Waals surface area (Å²) in [5, 5.41) is 0. The Morgan fingerprint density at radius 1 is 0.800 bits per heavy atom. The van der Waals surface area contributed by atoms with Gasteiger partial charge in [-0.3, -0.25) is 0 Å². The number of hydrogen-bond donors (Lipinski definition) is 0. The minimum Gasteiger partial charge on any atom is -0.490 e. The van der Waals surface area contributed by atoms with Gasteiger partial charge in [-0.1, -0.05) is 0 Å². The molecular weight excluding hydrogens is 264 g/mol. The summed E-state index contributed by atoms with van der Waals surface area (Å²) >= 11 is 0. The quantitative estimate of drug-likeness (QED) is 0.774. The van der Waals surface area contributed by atoms with E-state index in [2.05, 4.69) is 0 Å². The summed E-state index contributed by atoms with van der Waals surface area (Å²) in [4.78, 5) is 22.2. The summed E-state index contributed by atoms with van der Waals surface area (Å²) in [6, 6.07) is 5.74. The van der Waals surface area contributed by atoms with Crippen molar-refractivity contribution in [3.63, 3.8) is 0 Å². The first-order valence-electron chi connectivity index (χ1n) is 6.02.